The Balaban J connectivity index is 1.48. The molecule has 6 nitrogen and oxygen atoms in total. The average Bonchev–Trinajstić information content (AvgIpc) is 3.15. The first-order valence-electron chi connectivity index (χ1n) is 9.80. The molecule has 1 saturated heterocycles. The van der Waals surface area contributed by atoms with Gasteiger partial charge in [-0.3, -0.25) is 9.78 Å². The van der Waals surface area contributed by atoms with Gasteiger partial charge in [0, 0.05) is 51.7 Å². The van der Waals surface area contributed by atoms with Gasteiger partial charge in [-0.2, -0.15) is 0 Å². The summed E-state index contributed by atoms with van der Waals surface area (Å²) in [6.07, 6.45) is 5.12. The number of aromatic nitrogens is 1. The second kappa shape index (κ2) is 9.55. The smallest absolute Gasteiger partial charge is 0.224 e. The zero-order chi connectivity index (χ0) is 19.9. The van der Waals surface area contributed by atoms with Gasteiger partial charge >= 0.3 is 0 Å². The molecule has 1 aromatic carbocycles. The van der Waals surface area contributed by atoms with E-state index in [4.69, 9.17) is 4.74 Å². The highest BCUT2D eigenvalue weighted by atomic mass is 16.5. The molecule has 1 aliphatic heterocycles. The maximum absolute atomic E-state index is 12.5. The van der Waals surface area contributed by atoms with E-state index >= 15 is 0 Å². The SMILES string of the molecule is COCCN(C)c1ccc(CC(=O)N[C@@H]2CCN(c3cncc(C)c3)C2)cc1. The summed E-state index contributed by atoms with van der Waals surface area (Å²) in [4.78, 5) is 21.2. The Morgan fingerprint density at radius 2 is 2.11 bits per heavy atom. The van der Waals surface area contributed by atoms with Gasteiger partial charge in [-0.25, -0.2) is 0 Å². The van der Waals surface area contributed by atoms with Gasteiger partial charge in [0.1, 0.15) is 0 Å². The largest absolute Gasteiger partial charge is 0.383 e. The van der Waals surface area contributed by atoms with Crippen LogP contribution in [0.1, 0.15) is 17.5 Å². The van der Waals surface area contributed by atoms with Crippen molar-refractivity contribution in [1.82, 2.24) is 10.3 Å². The molecule has 6 heteroatoms. The lowest BCUT2D eigenvalue weighted by molar-refractivity contribution is -0.121. The number of pyridine rings is 1. The fourth-order valence-electron chi connectivity index (χ4n) is 3.51. The van der Waals surface area contributed by atoms with Crippen LogP contribution in [-0.2, 0) is 16.0 Å². The Morgan fingerprint density at radius 3 is 2.82 bits per heavy atom. The molecule has 0 unspecified atom stereocenters. The number of rotatable bonds is 8. The normalized spacial score (nSPS) is 16.2. The zero-order valence-electron chi connectivity index (χ0n) is 17.0. The van der Waals surface area contributed by atoms with E-state index in [1.54, 1.807) is 7.11 Å². The molecule has 3 rings (SSSR count). The van der Waals surface area contributed by atoms with E-state index < -0.39 is 0 Å². The standard InChI is InChI=1S/C22H30N4O2/c1-17-12-21(15-23-14-17)26-9-8-19(16-26)24-22(27)13-18-4-6-20(7-5-18)25(2)10-11-28-3/h4-7,12,14-15,19H,8-11,13,16H2,1-3H3,(H,24,27)/t19-/m1/s1. The van der Waals surface area contributed by atoms with E-state index in [9.17, 15) is 4.79 Å². The van der Waals surface area contributed by atoms with Crippen molar-refractivity contribution in [1.29, 1.82) is 0 Å². The molecule has 0 spiro atoms. The van der Waals surface area contributed by atoms with Crippen LogP contribution >= 0.6 is 0 Å². The third kappa shape index (κ3) is 5.45. The number of nitrogens with zero attached hydrogens (tertiary/aromatic N) is 3. The molecule has 1 amide bonds. The number of methoxy groups -OCH3 is 1. The molecule has 1 aromatic heterocycles. The number of hydrogen-bond donors (Lipinski definition) is 1. The Kier molecular flexibility index (Phi) is 6.87. The zero-order valence-corrected chi connectivity index (χ0v) is 17.0. The predicted molar refractivity (Wildman–Crippen MR) is 113 cm³/mol. The van der Waals surface area contributed by atoms with Crippen LogP contribution < -0.4 is 15.1 Å². The number of benzene rings is 1. The van der Waals surface area contributed by atoms with Crippen LogP contribution in [0.2, 0.25) is 0 Å². The van der Waals surface area contributed by atoms with Crippen LogP contribution in [0.5, 0.6) is 0 Å². The summed E-state index contributed by atoms with van der Waals surface area (Å²) in [5, 5.41) is 3.18. The van der Waals surface area contributed by atoms with E-state index in [1.165, 1.54) is 0 Å². The molecule has 0 aliphatic carbocycles. The number of likely N-dealkylation sites (N-methyl/N-ethyl adjacent to an activating group) is 1. The molecular formula is C22H30N4O2. The summed E-state index contributed by atoms with van der Waals surface area (Å²) in [5.74, 6) is 0.0784. The summed E-state index contributed by atoms with van der Waals surface area (Å²) >= 11 is 0. The van der Waals surface area contributed by atoms with Gasteiger partial charge in [0.2, 0.25) is 5.91 Å². The monoisotopic (exact) mass is 382 g/mol. The maximum atomic E-state index is 12.5. The van der Waals surface area contributed by atoms with E-state index in [0.29, 0.717) is 13.0 Å². The minimum absolute atomic E-state index is 0.0784. The third-order valence-electron chi connectivity index (χ3n) is 5.15. The van der Waals surface area contributed by atoms with Crippen molar-refractivity contribution >= 4 is 17.3 Å². The van der Waals surface area contributed by atoms with Gasteiger partial charge < -0.3 is 19.9 Å². The van der Waals surface area contributed by atoms with E-state index in [1.807, 2.05) is 38.5 Å². The predicted octanol–water partition coefficient (Wildman–Crippen LogP) is 2.41. The van der Waals surface area contributed by atoms with Crippen molar-refractivity contribution in [2.75, 3.05) is 50.2 Å². The molecule has 28 heavy (non-hydrogen) atoms. The van der Waals surface area contributed by atoms with E-state index in [-0.39, 0.29) is 11.9 Å². The van der Waals surface area contributed by atoms with Crippen molar-refractivity contribution in [2.24, 2.45) is 0 Å². The molecule has 0 radical (unpaired) electrons. The Labute approximate surface area is 167 Å². The molecule has 0 bridgehead atoms. The fourth-order valence-corrected chi connectivity index (χ4v) is 3.51. The minimum Gasteiger partial charge on any atom is -0.383 e. The van der Waals surface area contributed by atoms with Gasteiger partial charge in [-0.1, -0.05) is 12.1 Å². The molecule has 1 fully saturated rings. The van der Waals surface area contributed by atoms with Crippen molar-refractivity contribution in [3.63, 3.8) is 0 Å². The number of carbonyl (C=O) groups is 1. The number of hydrogen-bond acceptors (Lipinski definition) is 5. The van der Waals surface area contributed by atoms with Crippen molar-refractivity contribution < 1.29 is 9.53 Å². The highest BCUT2D eigenvalue weighted by Crippen LogP contribution is 2.20. The Morgan fingerprint density at radius 1 is 1.32 bits per heavy atom. The number of amides is 1. The first kappa shape index (κ1) is 20.1. The van der Waals surface area contributed by atoms with Crippen LogP contribution in [-0.4, -0.2) is 57.3 Å². The third-order valence-corrected chi connectivity index (χ3v) is 5.15. The molecule has 150 valence electrons. The van der Waals surface area contributed by atoms with Gasteiger partial charge in [-0.05, 0) is 42.7 Å². The van der Waals surface area contributed by atoms with Crippen molar-refractivity contribution in [3.8, 4) is 0 Å². The second-order valence-corrected chi connectivity index (χ2v) is 7.48. The number of anilines is 2. The number of carbonyl (C=O) groups excluding carboxylic acids is 1. The lowest BCUT2D eigenvalue weighted by atomic mass is 10.1. The maximum Gasteiger partial charge on any atom is 0.224 e. The van der Waals surface area contributed by atoms with Gasteiger partial charge in [0.15, 0.2) is 0 Å². The average molecular weight is 383 g/mol. The summed E-state index contributed by atoms with van der Waals surface area (Å²) in [5.41, 5.74) is 4.43. The summed E-state index contributed by atoms with van der Waals surface area (Å²) in [6.45, 7) is 5.35. The van der Waals surface area contributed by atoms with Crippen LogP contribution in [0.25, 0.3) is 0 Å². The second-order valence-electron chi connectivity index (χ2n) is 7.48. The molecule has 1 N–H and O–H groups in total. The molecule has 0 saturated carbocycles. The number of ether oxygens (including phenoxy) is 1. The molecule has 2 heterocycles. The molecule has 2 aromatic rings. The van der Waals surface area contributed by atoms with Gasteiger partial charge in [-0.15, -0.1) is 0 Å². The number of aryl methyl sites for hydroxylation is 1. The first-order chi connectivity index (χ1) is 13.5. The van der Waals surface area contributed by atoms with E-state index in [0.717, 1.165) is 48.6 Å². The lowest BCUT2D eigenvalue weighted by Gasteiger charge is -2.19. The quantitative estimate of drug-likeness (QED) is 0.760. The first-order valence-corrected chi connectivity index (χ1v) is 9.80. The van der Waals surface area contributed by atoms with E-state index in [2.05, 4.69) is 38.3 Å². The van der Waals surface area contributed by atoms with Crippen molar-refractivity contribution in [2.45, 2.75) is 25.8 Å². The summed E-state index contributed by atoms with van der Waals surface area (Å²) in [6, 6.07) is 10.5. The molecular weight excluding hydrogens is 352 g/mol. The highest BCUT2D eigenvalue weighted by molar-refractivity contribution is 5.79. The Bertz CT molecular complexity index is 778. The van der Waals surface area contributed by atoms with Gasteiger partial charge in [0.05, 0.1) is 24.9 Å². The van der Waals surface area contributed by atoms with Crippen LogP contribution in [0.15, 0.2) is 42.7 Å². The molecule has 1 aliphatic rings. The Hall–Kier alpha value is -2.60. The highest BCUT2D eigenvalue weighted by Gasteiger charge is 2.24. The molecule has 1 atom stereocenters. The summed E-state index contributed by atoms with van der Waals surface area (Å²) in [7, 11) is 3.74. The fraction of sp³-hybridized carbons (Fsp3) is 0.455. The topological polar surface area (TPSA) is 57.7 Å². The minimum atomic E-state index is 0.0784. The lowest BCUT2D eigenvalue weighted by Crippen LogP contribution is -2.38. The van der Waals surface area contributed by atoms with Crippen LogP contribution in [0, 0.1) is 6.92 Å². The van der Waals surface area contributed by atoms with Gasteiger partial charge in [0.25, 0.3) is 0 Å². The van der Waals surface area contributed by atoms with Crippen LogP contribution in [0.4, 0.5) is 11.4 Å². The van der Waals surface area contributed by atoms with Crippen LogP contribution in [0.3, 0.4) is 0 Å². The van der Waals surface area contributed by atoms with Crippen molar-refractivity contribution in [3.05, 3.63) is 53.9 Å². The summed E-state index contributed by atoms with van der Waals surface area (Å²) < 4.78 is 5.11. The number of nitrogens with one attached hydrogen (secondary N) is 1.